The lowest BCUT2D eigenvalue weighted by Crippen LogP contribution is -2.25. The molecular weight excluding hydrogens is 368 g/mol. The molecule has 152 valence electrons. The van der Waals surface area contributed by atoms with E-state index in [0.717, 1.165) is 24.9 Å². The smallest absolute Gasteiger partial charge is 0.343 e. The van der Waals surface area contributed by atoms with Crippen LogP contribution in [0.1, 0.15) is 35.7 Å². The van der Waals surface area contributed by atoms with Crippen molar-refractivity contribution >= 4 is 29.6 Å². The quantitative estimate of drug-likeness (QED) is 0.235. The van der Waals surface area contributed by atoms with Gasteiger partial charge in [-0.3, -0.25) is 4.79 Å². The lowest BCUT2D eigenvalue weighted by atomic mass is 10.2. The molecule has 0 heterocycles. The zero-order valence-corrected chi connectivity index (χ0v) is 16.7. The van der Waals surface area contributed by atoms with E-state index in [1.807, 2.05) is 0 Å². The molecule has 0 aliphatic rings. The van der Waals surface area contributed by atoms with Crippen molar-refractivity contribution in [3.63, 3.8) is 0 Å². The minimum absolute atomic E-state index is 0.0434. The fourth-order valence-electron chi connectivity index (χ4n) is 2.43. The van der Waals surface area contributed by atoms with E-state index in [9.17, 15) is 9.59 Å². The average Bonchev–Trinajstić information content (AvgIpc) is 2.71. The number of nitrogens with zero attached hydrogens (tertiary/aromatic N) is 2. The normalized spacial score (nSPS) is 10.6. The third-order valence-electron chi connectivity index (χ3n) is 4.09. The molecule has 0 radical (unpaired) electrons. The van der Waals surface area contributed by atoms with E-state index in [0.29, 0.717) is 17.0 Å². The van der Waals surface area contributed by atoms with Gasteiger partial charge in [-0.15, -0.1) is 0 Å². The molecule has 0 fully saturated rings. The number of amides is 1. The first-order chi connectivity index (χ1) is 13.9. The van der Waals surface area contributed by atoms with Crippen molar-refractivity contribution in [3.05, 3.63) is 65.7 Å². The van der Waals surface area contributed by atoms with Crippen molar-refractivity contribution in [1.29, 1.82) is 0 Å². The second kappa shape index (κ2) is 10.7. The molecule has 0 aliphatic carbocycles. The fourth-order valence-corrected chi connectivity index (χ4v) is 2.43. The number of hydrogen-bond donors (Lipinski definition) is 2. The summed E-state index contributed by atoms with van der Waals surface area (Å²) in [5.41, 5.74) is 12.4. The van der Waals surface area contributed by atoms with Crippen LogP contribution in [0.5, 0.6) is 5.75 Å². The van der Waals surface area contributed by atoms with Crippen LogP contribution >= 0.6 is 0 Å². The topological polar surface area (TPSA) is 111 Å². The molecule has 0 bridgehead atoms. The van der Waals surface area contributed by atoms with Crippen molar-refractivity contribution in [2.24, 2.45) is 16.5 Å². The predicted octanol–water partition coefficient (Wildman–Crippen LogP) is 3.08. The van der Waals surface area contributed by atoms with Gasteiger partial charge in [0, 0.05) is 19.7 Å². The number of carbonyl (C=O) groups is 2. The maximum absolute atomic E-state index is 12.2. The van der Waals surface area contributed by atoms with Crippen LogP contribution in [0.4, 0.5) is 5.69 Å². The van der Waals surface area contributed by atoms with Gasteiger partial charge >= 0.3 is 5.97 Å². The third kappa shape index (κ3) is 7.14. The Morgan fingerprint density at radius 2 is 1.72 bits per heavy atom. The molecule has 0 aliphatic heterocycles. The van der Waals surface area contributed by atoms with Gasteiger partial charge in [0.15, 0.2) is 5.96 Å². The van der Waals surface area contributed by atoms with Gasteiger partial charge in [-0.05, 0) is 54.5 Å². The molecule has 7 heteroatoms. The van der Waals surface area contributed by atoms with Gasteiger partial charge in [0.1, 0.15) is 5.75 Å². The molecular formula is C22H26N4O3. The number of benzene rings is 2. The lowest BCUT2D eigenvalue weighted by molar-refractivity contribution is -0.124. The Hall–Kier alpha value is -3.61. The first kappa shape index (κ1) is 21.7. The van der Waals surface area contributed by atoms with Gasteiger partial charge in [0.05, 0.1) is 11.3 Å². The molecule has 0 atom stereocenters. The highest BCUT2D eigenvalue weighted by molar-refractivity contribution is 5.92. The van der Waals surface area contributed by atoms with Gasteiger partial charge in [-0.2, -0.15) is 0 Å². The van der Waals surface area contributed by atoms with Crippen molar-refractivity contribution in [1.82, 2.24) is 4.90 Å². The first-order valence-electron chi connectivity index (χ1n) is 9.34. The third-order valence-corrected chi connectivity index (χ3v) is 4.09. The Morgan fingerprint density at radius 3 is 2.31 bits per heavy atom. The van der Waals surface area contributed by atoms with E-state index in [1.54, 1.807) is 66.6 Å². The van der Waals surface area contributed by atoms with E-state index in [2.05, 4.69) is 11.9 Å². The summed E-state index contributed by atoms with van der Waals surface area (Å²) in [4.78, 5) is 29.8. The minimum atomic E-state index is -0.489. The summed E-state index contributed by atoms with van der Waals surface area (Å²) in [7, 11) is 1.79. The molecule has 29 heavy (non-hydrogen) atoms. The van der Waals surface area contributed by atoms with E-state index in [1.165, 1.54) is 6.08 Å². The highest BCUT2D eigenvalue weighted by Crippen LogP contribution is 2.17. The second-order valence-corrected chi connectivity index (χ2v) is 6.49. The largest absolute Gasteiger partial charge is 0.423 e. The van der Waals surface area contributed by atoms with E-state index in [-0.39, 0.29) is 11.9 Å². The minimum Gasteiger partial charge on any atom is -0.423 e. The van der Waals surface area contributed by atoms with Crippen LogP contribution in [0.15, 0.2) is 59.6 Å². The number of rotatable bonds is 8. The highest BCUT2D eigenvalue weighted by atomic mass is 16.5. The van der Waals surface area contributed by atoms with Gasteiger partial charge in [0.2, 0.25) is 5.91 Å². The summed E-state index contributed by atoms with van der Waals surface area (Å²) in [6.07, 6.45) is 5.29. The Bertz CT molecular complexity index is 883. The first-order valence-corrected chi connectivity index (χ1v) is 9.34. The van der Waals surface area contributed by atoms with Crippen molar-refractivity contribution in [2.45, 2.75) is 19.8 Å². The van der Waals surface area contributed by atoms with Crippen LogP contribution in [-0.2, 0) is 4.79 Å². The van der Waals surface area contributed by atoms with E-state index < -0.39 is 5.97 Å². The predicted molar refractivity (Wildman–Crippen MR) is 115 cm³/mol. The number of likely N-dealkylation sites (N-methyl/N-ethyl adjacent to an activating group) is 1. The molecule has 2 aromatic carbocycles. The SMILES string of the molecule is CCCCN(C)C(=O)/C=C/c1ccc(OC(=O)c2ccc(N=C(N)N)cc2)cc1. The Labute approximate surface area is 170 Å². The van der Waals surface area contributed by atoms with Crippen LogP contribution in [-0.4, -0.2) is 36.3 Å². The number of hydrogen-bond acceptors (Lipinski definition) is 4. The van der Waals surface area contributed by atoms with E-state index in [4.69, 9.17) is 16.2 Å². The lowest BCUT2D eigenvalue weighted by Gasteiger charge is -2.13. The summed E-state index contributed by atoms with van der Waals surface area (Å²) in [6, 6.07) is 13.3. The molecule has 0 aromatic heterocycles. The molecule has 0 spiro atoms. The van der Waals surface area contributed by atoms with Gasteiger partial charge in [-0.25, -0.2) is 9.79 Å². The van der Waals surface area contributed by atoms with Gasteiger partial charge in [0.25, 0.3) is 0 Å². The van der Waals surface area contributed by atoms with Crippen LogP contribution in [0.3, 0.4) is 0 Å². The zero-order valence-electron chi connectivity index (χ0n) is 16.7. The van der Waals surface area contributed by atoms with Gasteiger partial charge < -0.3 is 21.1 Å². The summed E-state index contributed by atoms with van der Waals surface area (Å²) >= 11 is 0. The fraction of sp³-hybridized carbons (Fsp3) is 0.227. The molecule has 0 unspecified atom stereocenters. The monoisotopic (exact) mass is 394 g/mol. The Kier molecular flexibility index (Phi) is 7.97. The number of carbonyl (C=O) groups excluding carboxylic acids is 2. The maximum Gasteiger partial charge on any atom is 0.343 e. The molecule has 1 amide bonds. The molecule has 0 saturated heterocycles. The molecule has 2 rings (SSSR count). The molecule has 2 aromatic rings. The van der Waals surface area contributed by atoms with Crippen LogP contribution in [0.25, 0.3) is 6.08 Å². The Morgan fingerprint density at radius 1 is 1.07 bits per heavy atom. The number of aliphatic imine (C=N–C) groups is 1. The standard InChI is InChI=1S/C22H26N4O3/c1-3-4-15-26(2)20(27)14-7-16-5-12-19(13-6-16)29-21(28)17-8-10-18(11-9-17)25-22(23)24/h5-14H,3-4,15H2,1-2H3,(H4,23,24,25)/b14-7+. The van der Waals surface area contributed by atoms with Crippen LogP contribution < -0.4 is 16.2 Å². The van der Waals surface area contributed by atoms with E-state index >= 15 is 0 Å². The Balaban J connectivity index is 1.94. The summed E-state index contributed by atoms with van der Waals surface area (Å²) in [5.74, 6) is -0.175. The number of esters is 1. The van der Waals surface area contributed by atoms with Crippen molar-refractivity contribution in [2.75, 3.05) is 13.6 Å². The molecule has 0 saturated carbocycles. The van der Waals surface area contributed by atoms with Crippen LogP contribution in [0.2, 0.25) is 0 Å². The number of nitrogens with two attached hydrogens (primary N) is 2. The number of ether oxygens (including phenoxy) is 1. The maximum atomic E-state index is 12.2. The number of guanidine groups is 1. The van der Waals surface area contributed by atoms with Gasteiger partial charge in [-0.1, -0.05) is 25.5 Å². The van der Waals surface area contributed by atoms with Crippen LogP contribution in [0, 0.1) is 0 Å². The number of unbranched alkanes of at least 4 members (excludes halogenated alkanes) is 1. The average molecular weight is 394 g/mol. The molecule has 4 N–H and O–H groups in total. The second-order valence-electron chi connectivity index (χ2n) is 6.49. The van der Waals surface area contributed by atoms with Crippen molar-refractivity contribution in [3.8, 4) is 5.75 Å². The summed E-state index contributed by atoms with van der Waals surface area (Å²) in [5, 5.41) is 0. The van der Waals surface area contributed by atoms with Crippen molar-refractivity contribution < 1.29 is 14.3 Å². The highest BCUT2D eigenvalue weighted by Gasteiger charge is 2.09. The zero-order chi connectivity index (χ0) is 21.2. The molecule has 7 nitrogen and oxygen atoms in total. The summed E-state index contributed by atoms with van der Waals surface area (Å²) < 4.78 is 5.36. The summed E-state index contributed by atoms with van der Waals surface area (Å²) in [6.45, 7) is 2.83.